The minimum absolute atomic E-state index is 0.0462. The molecule has 1 heterocycles. The molecule has 0 atom stereocenters. The number of benzene rings is 2. The van der Waals surface area contributed by atoms with Crippen molar-refractivity contribution in [1.82, 2.24) is 4.31 Å². The molecule has 2 aromatic rings. The Bertz CT molecular complexity index is 1170. The van der Waals surface area contributed by atoms with E-state index in [-0.39, 0.29) is 22.1 Å². The molecule has 0 bridgehead atoms. The second-order valence-corrected chi connectivity index (χ2v) is 7.76. The first-order chi connectivity index (χ1) is 13.2. The highest BCUT2D eigenvalue weighted by atomic mass is 35.5. The van der Waals surface area contributed by atoms with Gasteiger partial charge in [-0.3, -0.25) is 4.79 Å². The Labute approximate surface area is 165 Å². The molecule has 1 aliphatic heterocycles. The van der Waals surface area contributed by atoms with Crippen LogP contribution in [0.4, 0.5) is 10.1 Å². The van der Waals surface area contributed by atoms with Gasteiger partial charge in [-0.15, -0.1) is 4.40 Å². The number of halogens is 2. The summed E-state index contributed by atoms with van der Waals surface area (Å²) in [4.78, 5) is 12.6. The highest BCUT2D eigenvalue weighted by Crippen LogP contribution is 2.23. The number of hydrogen-bond donors (Lipinski definition) is 1. The van der Waals surface area contributed by atoms with Gasteiger partial charge in [0.15, 0.2) is 0 Å². The molecule has 142 valence electrons. The van der Waals surface area contributed by atoms with Crippen LogP contribution < -0.4 is 5.32 Å². The van der Waals surface area contributed by atoms with Crippen molar-refractivity contribution in [3.05, 3.63) is 76.2 Å². The van der Waals surface area contributed by atoms with Crippen molar-refractivity contribution >= 4 is 39.1 Å². The number of carbonyl (C=O) groups is 1. The summed E-state index contributed by atoms with van der Waals surface area (Å²) in [7, 11) is -2.94. The van der Waals surface area contributed by atoms with Gasteiger partial charge in [0.2, 0.25) is 0 Å². The largest absolute Gasteiger partial charge is 0.345 e. The van der Waals surface area contributed by atoms with E-state index in [0.29, 0.717) is 11.1 Å². The molecule has 2 aromatic carbocycles. The monoisotopic (exact) mass is 418 g/mol. The van der Waals surface area contributed by atoms with Gasteiger partial charge < -0.3 is 5.32 Å². The summed E-state index contributed by atoms with van der Waals surface area (Å²) >= 11 is 5.70. The van der Waals surface area contributed by atoms with Crippen molar-refractivity contribution in [3.63, 3.8) is 0 Å². The molecule has 10 heteroatoms. The molecule has 3 rings (SSSR count). The first-order valence-corrected chi connectivity index (χ1v) is 9.56. The molecule has 28 heavy (non-hydrogen) atoms. The third-order valence-corrected chi connectivity index (χ3v) is 5.50. The summed E-state index contributed by atoms with van der Waals surface area (Å²) in [5.74, 6) is -1.39. The fourth-order valence-electron chi connectivity index (χ4n) is 2.39. The Morgan fingerprint density at radius 2 is 1.93 bits per heavy atom. The van der Waals surface area contributed by atoms with Crippen molar-refractivity contribution in [3.8, 4) is 6.07 Å². The normalized spacial score (nSPS) is 15.3. The van der Waals surface area contributed by atoms with E-state index in [1.165, 1.54) is 49.5 Å². The number of carbonyl (C=O) groups excluding carboxylic acids is 1. The quantitative estimate of drug-likeness (QED) is 0.827. The summed E-state index contributed by atoms with van der Waals surface area (Å²) in [6.07, 6.45) is 1.31. The summed E-state index contributed by atoms with van der Waals surface area (Å²) in [5.41, 5.74) is 0.881. The Balaban J connectivity index is 1.96. The molecule has 0 saturated carbocycles. The highest BCUT2D eigenvalue weighted by molar-refractivity contribution is 7.88. The summed E-state index contributed by atoms with van der Waals surface area (Å²) in [6, 6.07) is 11.6. The predicted octanol–water partition coefficient (Wildman–Crippen LogP) is 2.85. The number of anilines is 1. The first-order valence-electron chi connectivity index (χ1n) is 7.79. The van der Waals surface area contributed by atoms with Crippen molar-refractivity contribution in [2.75, 3.05) is 12.4 Å². The van der Waals surface area contributed by atoms with Crippen LogP contribution in [0.2, 0.25) is 5.02 Å². The molecule has 0 unspecified atom stereocenters. The van der Waals surface area contributed by atoms with Gasteiger partial charge in [-0.2, -0.15) is 13.7 Å². The average Bonchev–Trinajstić information content (AvgIpc) is 2.66. The van der Waals surface area contributed by atoms with Gasteiger partial charge in [0, 0.05) is 18.3 Å². The Hall–Kier alpha value is -3.22. The lowest BCUT2D eigenvalue weighted by molar-refractivity contribution is -0.113. The molecular formula is C18H12ClFN4O3S. The van der Waals surface area contributed by atoms with Crippen LogP contribution in [0.15, 0.2) is 58.6 Å². The van der Waals surface area contributed by atoms with Crippen molar-refractivity contribution in [1.29, 1.82) is 5.26 Å². The fraction of sp³-hybridized carbons (Fsp3) is 0.0556. The van der Waals surface area contributed by atoms with Crippen molar-refractivity contribution < 1.29 is 17.6 Å². The van der Waals surface area contributed by atoms with Gasteiger partial charge in [0.05, 0.1) is 22.4 Å². The molecule has 0 aliphatic carbocycles. The van der Waals surface area contributed by atoms with Crippen LogP contribution in [0.25, 0.3) is 0 Å². The van der Waals surface area contributed by atoms with E-state index in [0.717, 1.165) is 10.4 Å². The smallest absolute Gasteiger partial charge is 0.321 e. The SMILES string of the molecule is CN1C(C(=O)Nc2ccc(F)c(Cl)c2)=CC(c2ccc(C#N)cc2)=NS1(=O)=O. The van der Waals surface area contributed by atoms with E-state index < -0.39 is 21.9 Å². The molecule has 7 nitrogen and oxygen atoms in total. The lowest BCUT2D eigenvalue weighted by Crippen LogP contribution is -2.35. The Morgan fingerprint density at radius 1 is 1.25 bits per heavy atom. The topological polar surface area (TPSA) is 103 Å². The third-order valence-electron chi connectivity index (χ3n) is 3.89. The van der Waals surface area contributed by atoms with E-state index in [9.17, 15) is 17.6 Å². The van der Waals surface area contributed by atoms with Crippen molar-refractivity contribution in [2.24, 2.45) is 4.40 Å². The van der Waals surface area contributed by atoms with Crippen LogP contribution in [0.3, 0.4) is 0 Å². The number of hydrogen-bond acceptors (Lipinski definition) is 4. The summed E-state index contributed by atoms with van der Waals surface area (Å²) in [6.45, 7) is 0. The van der Waals surface area contributed by atoms with Gasteiger partial charge >= 0.3 is 10.2 Å². The lowest BCUT2D eigenvalue weighted by Gasteiger charge is -2.23. The number of rotatable bonds is 3. The molecule has 0 radical (unpaired) electrons. The summed E-state index contributed by atoms with van der Waals surface area (Å²) in [5, 5.41) is 11.2. The van der Waals surface area contributed by atoms with Crippen LogP contribution in [0, 0.1) is 17.1 Å². The van der Waals surface area contributed by atoms with Crippen LogP contribution >= 0.6 is 11.6 Å². The minimum Gasteiger partial charge on any atom is -0.321 e. The van der Waals surface area contributed by atoms with Gasteiger partial charge in [-0.1, -0.05) is 23.7 Å². The van der Waals surface area contributed by atoms with Crippen LogP contribution in [0.5, 0.6) is 0 Å². The van der Waals surface area contributed by atoms with E-state index in [2.05, 4.69) is 9.71 Å². The average molecular weight is 419 g/mol. The van der Waals surface area contributed by atoms with Gasteiger partial charge in [-0.25, -0.2) is 8.70 Å². The molecule has 1 aliphatic rings. The van der Waals surface area contributed by atoms with Gasteiger partial charge in [0.25, 0.3) is 5.91 Å². The zero-order valence-corrected chi connectivity index (χ0v) is 15.9. The number of allylic oxidation sites excluding steroid dienone is 1. The molecular weight excluding hydrogens is 407 g/mol. The molecule has 0 saturated heterocycles. The standard InChI is InChI=1S/C18H12ClFN4O3S/c1-24-17(18(25)22-13-6-7-15(20)14(19)8-13)9-16(23-28(24,26)27)12-4-2-11(10-21)3-5-12/h2-9H,1H3,(H,22,25). The predicted molar refractivity (Wildman–Crippen MR) is 102 cm³/mol. The zero-order valence-electron chi connectivity index (χ0n) is 14.3. The molecule has 0 fully saturated rings. The first kappa shape index (κ1) is 19.5. The molecule has 0 spiro atoms. The second kappa shape index (κ2) is 7.42. The van der Waals surface area contributed by atoms with Crippen molar-refractivity contribution in [2.45, 2.75) is 0 Å². The second-order valence-electron chi connectivity index (χ2n) is 5.72. The molecule has 1 amide bonds. The maximum atomic E-state index is 13.3. The highest BCUT2D eigenvalue weighted by Gasteiger charge is 2.30. The maximum Gasteiger partial charge on any atom is 0.345 e. The van der Waals surface area contributed by atoms with E-state index in [1.54, 1.807) is 0 Å². The number of nitriles is 1. The Morgan fingerprint density at radius 3 is 2.54 bits per heavy atom. The van der Waals surface area contributed by atoms with E-state index >= 15 is 0 Å². The maximum absolute atomic E-state index is 13.3. The summed E-state index contributed by atoms with van der Waals surface area (Å²) < 4.78 is 42.4. The lowest BCUT2D eigenvalue weighted by atomic mass is 10.1. The number of nitrogens with zero attached hydrogens (tertiary/aromatic N) is 3. The zero-order chi connectivity index (χ0) is 20.5. The van der Waals surface area contributed by atoms with E-state index in [4.69, 9.17) is 16.9 Å². The number of nitrogens with one attached hydrogen (secondary N) is 1. The molecule has 0 aromatic heterocycles. The minimum atomic E-state index is -4.13. The van der Waals surface area contributed by atoms with Crippen LogP contribution in [-0.4, -0.2) is 31.4 Å². The number of amides is 1. The van der Waals surface area contributed by atoms with E-state index in [1.807, 2.05) is 6.07 Å². The Kier molecular flexibility index (Phi) is 5.18. The molecule has 1 N–H and O–H groups in total. The number of likely N-dealkylation sites (N-methyl/N-ethyl adjacent to an activating group) is 1. The fourth-order valence-corrected chi connectivity index (χ4v) is 3.48. The van der Waals surface area contributed by atoms with Gasteiger partial charge in [-0.05, 0) is 36.4 Å². The van der Waals surface area contributed by atoms with Gasteiger partial charge in [0.1, 0.15) is 11.5 Å². The van der Waals surface area contributed by atoms with Crippen LogP contribution in [-0.2, 0) is 15.0 Å². The van der Waals surface area contributed by atoms with Crippen LogP contribution in [0.1, 0.15) is 11.1 Å². The third kappa shape index (κ3) is 3.88.